The topological polar surface area (TPSA) is 43.4 Å². The molecule has 0 saturated heterocycles. The van der Waals surface area contributed by atoms with Gasteiger partial charge < -0.3 is 4.74 Å². The Morgan fingerprint density at radius 1 is 0.900 bits per heavy atom. The Morgan fingerprint density at radius 2 is 1.55 bits per heavy atom. The van der Waals surface area contributed by atoms with Gasteiger partial charge in [0.1, 0.15) is 5.75 Å². The first-order chi connectivity index (χ1) is 9.61. The van der Waals surface area contributed by atoms with Gasteiger partial charge in [0.2, 0.25) is 9.84 Å². The van der Waals surface area contributed by atoms with Crippen LogP contribution in [0.3, 0.4) is 0 Å². The molecule has 0 heterocycles. The van der Waals surface area contributed by atoms with Gasteiger partial charge in [-0.15, -0.1) is 0 Å². The van der Waals surface area contributed by atoms with E-state index in [-0.39, 0.29) is 0 Å². The molecule has 2 aromatic carbocycles. The Bertz CT molecular complexity index is 731. The molecule has 0 aliphatic heterocycles. The fourth-order valence-electron chi connectivity index (χ4n) is 2.61. The summed E-state index contributed by atoms with van der Waals surface area (Å²) in [5, 5.41) is 0. The summed E-state index contributed by atoms with van der Waals surface area (Å²) in [6.07, 6.45) is 3.14. The molecule has 0 radical (unpaired) electrons. The molecule has 0 aromatic heterocycles. The third-order valence-corrected chi connectivity index (χ3v) is 5.52. The molecule has 1 aliphatic rings. The fraction of sp³-hybridized carbons (Fsp3) is 0.250. The molecule has 0 unspecified atom stereocenters. The van der Waals surface area contributed by atoms with Gasteiger partial charge in [-0.2, -0.15) is 0 Å². The highest BCUT2D eigenvalue weighted by Gasteiger charge is 2.20. The molecule has 0 atom stereocenters. The first kappa shape index (κ1) is 13.2. The van der Waals surface area contributed by atoms with Crippen molar-refractivity contribution in [3.8, 4) is 5.75 Å². The maximum absolute atomic E-state index is 12.6. The molecule has 1 aliphatic carbocycles. The van der Waals surface area contributed by atoms with E-state index in [0.717, 1.165) is 19.3 Å². The van der Waals surface area contributed by atoms with E-state index in [9.17, 15) is 8.42 Å². The van der Waals surface area contributed by atoms with Crippen LogP contribution in [0.1, 0.15) is 17.5 Å². The van der Waals surface area contributed by atoms with Crippen LogP contribution in [-0.4, -0.2) is 15.5 Å². The molecule has 0 N–H and O–H groups in total. The zero-order valence-electron chi connectivity index (χ0n) is 11.3. The molecule has 2 aromatic rings. The van der Waals surface area contributed by atoms with Crippen molar-refractivity contribution >= 4 is 9.84 Å². The third-order valence-electron chi connectivity index (χ3n) is 3.75. The summed E-state index contributed by atoms with van der Waals surface area (Å²) < 4.78 is 30.2. The molecule has 0 saturated carbocycles. The van der Waals surface area contributed by atoms with Crippen molar-refractivity contribution in [1.82, 2.24) is 0 Å². The molecule has 4 heteroatoms. The average molecular weight is 288 g/mol. The van der Waals surface area contributed by atoms with Crippen LogP contribution in [0.5, 0.6) is 5.75 Å². The summed E-state index contributed by atoms with van der Waals surface area (Å²) in [5.41, 5.74) is 2.44. The van der Waals surface area contributed by atoms with Crippen molar-refractivity contribution in [3.63, 3.8) is 0 Å². The number of hydrogen-bond acceptors (Lipinski definition) is 3. The lowest BCUT2D eigenvalue weighted by Gasteiger charge is -2.08. The molecule has 3 nitrogen and oxygen atoms in total. The molecular weight excluding hydrogens is 272 g/mol. The molecule has 3 rings (SSSR count). The summed E-state index contributed by atoms with van der Waals surface area (Å²) in [4.78, 5) is 0.680. The van der Waals surface area contributed by atoms with Crippen LogP contribution >= 0.6 is 0 Å². The Labute approximate surface area is 119 Å². The summed E-state index contributed by atoms with van der Waals surface area (Å²) in [6.45, 7) is 0. The minimum absolute atomic E-state index is 0.302. The van der Waals surface area contributed by atoms with Gasteiger partial charge in [0.05, 0.1) is 16.9 Å². The molecule has 20 heavy (non-hydrogen) atoms. The van der Waals surface area contributed by atoms with Crippen molar-refractivity contribution in [3.05, 3.63) is 53.6 Å². The van der Waals surface area contributed by atoms with Crippen molar-refractivity contribution < 1.29 is 13.2 Å². The second kappa shape index (κ2) is 4.94. The largest absolute Gasteiger partial charge is 0.497 e. The zero-order valence-corrected chi connectivity index (χ0v) is 12.1. The van der Waals surface area contributed by atoms with Crippen molar-refractivity contribution in [2.75, 3.05) is 7.11 Å². The number of rotatable bonds is 3. The average Bonchev–Trinajstić information content (AvgIpc) is 2.94. The van der Waals surface area contributed by atoms with Gasteiger partial charge in [-0.25, -0.2) is 8.42 Å². The van der Waals surface area contributed by atoms with Gasteiger partial charge >= 0.3 is 0 Å². The number of hydrogen-bond donors (Lipinski definition) is 0. The van der Waals surface area contributed by atoms with Gasteiger partial charge in [-0.1, -0.05) is 6.07 Å². The number of aryl methyl sites for hydroxylation is 2. The highest BCUT2D eigenvalue weighted by atomic mass is 32.2. The van der Waals surface area contributed by atoms with Gasteiger partial charge in [0, 0.05) is 0 Å². The van der Waals surface area contributed by atoms with E-state index in [1.807, 2.05) is 12.1 Å². The number of benzene rings is 2. The zero-order chi connectivity index (χ0) is 14.2. The third kappa shape index (κ3) is 2.20. The fourth-order valence-corrected chi connectivity index (χ4v) is 3.92. The van der Waals surface area contributed by atoms with Crippen molar-refractivity contribution in [1.29, 1.82) is 0 Å². The van der Waals surface area contributed by atoms with Crippen molar-refractivity contribution in [2.45, 2.75) is 29.1 Å². The van der Waals surface area contributed by atoms with Crippen LogP contribution in [0.25, 0.3) is 0 Å². The summed E-state index contributed by atoms with van der Waals surface area (Å²) in [6, 6.07) is 12.0. The van der Waals surface area contributed by atoms with E-state index in [1.165, 1.54) is 11.1 Å². The Morgan fingerprint density at radius 3 is 2.25 bits per heavy atom. The van der Waals surface area contributed by atoms with E-state index in [1.54, 1.807) is 37.4 Å². The molecule has 0 spiro atoms. The summed E-state index contributed by atoms with van der Waals surface area (Å²) in [5.74, 6) is 0.651. The monoisotopic (exact) mass is 288 g/mol. The Balaban J connectivity index is 2.02. The first-order valence-electron chi connectivity index (χ1n) is 6.62. The summed E-state index contributed by atoms with van der Waals surface area (Å²) in [7, 11) is -1.88. The second-order valence-electron chi connectivity index (χ2n) is 4.96. The number of methoxy groups -OCH3 is 1. The Hall–Kier alpha value is -1.81. The van der Waals surface area contributed by atoms with E-state index in [0.29, 0.717) is 15.5 Å². The minimum atomic E-state index is -3.44. The normalized spacial score (nSPS) is 14.1. The smallest absolute Gasteiger partial charge is 0.206 e. The number of fused-ring (bicyclic) bond motifs is 1. The van der Waals surface area contributed by atoms with E-state index < -0.39 is 9.84 Å². The van der Waals surface area contributed by atoms with Gasteiger partial charge in [0.15, 0.2) is 0 Å². The molecular formula is C16H16O3S. The number of sulfone groups is 1. The predicted octanol–water partition coefficient (Wildman–Crippen LogP) is 3.02. The Kier molecular flexibility index (Phi) is 3.26. The van der Waals surface area contributed by atoms with Crippen molar-refractivity contribution in [2.24, 2.45) is 0 Å². The van der Waals surface area contributed by atoms with Gasteiger partial charge in [-0.3, -0.25) is 0 Å². The lowest BCUT2D eigenvalue weighted by molar-refractivity contribution is 0.414. The SMILES string of the molecule is COc1ccc(S(=O)(=O)c2ccc3c(c2)CCC3)cc1. The minimum Gasteiger partial charge on any atom is -0.497 e. The lowest BCUT2D eigenvalue weighted by Crippen LogP contribution is -2.03. The standard InChI is InChI=1S/C16H16O3S/c1-19-14-6-9-15(10-7-14)20(17,18)16-8-5-12-3-2-4-13(12)11-16/h5-11H,2-4H2,1H3. The van der Waals surface area contributed by atoms with Crippen LogP contribution in [-0.2, 0) is 22.7 Å². The molecule has 0 fully saturated rings. The molecule has 0 amide bonds. The van der Waals surface area contributed by atoms with Crippen LogP contribution in [0.15, 0.2) is 52.3 Å². The molecule has 0 bridgehead atoms. The first-order valence-corrected chi connectivity index (χ1v) is 8.10. The number of ether oxygens (including phenoxy) is 1. The maximum atomic E-state index is 12.6. The van der Waals surface area contributed by atoms with E-state index >= 15 is 0 Å². The predicted molar refractivity (Wildman–Crippen MR) is 76.9 cm³/mol. The van der Waals surface area contributed by atoms with Gasteiger partial charge in [0.25, 0.3) is 0 Å². The van der Waals surface area contributed by atoms with Crippen LogP contribution in [0, 0.1) is 0 Å². The van der Waals surface area contributed by atoms with Crippen LogP contribution in [0.2, 0.25) is 0 Å². The highest BCUT2D eigenvalue weighted by molar-refractivity contribution is 7.91. The second-order valence-corrected chi connectivity index (χ2v) is 6.91. The van der Waals surface area contributed by atoms with Gasteiger partial charge in [-0.05, 0) is 66.8 Å². The lowest BCUT2D eigenvalue weighted by atomic mass is 10.1. The maximum Gasteiger partial charge on any atom is 0.206 e. The van der Waals surface area contributed by atoms with Crippen LogP contribution < -0.4 is 4.74 Å². The van der Waals surface area contributed by atoms with Crippen LogP contribution in [0.4, 0.5) is 0 Å². The highest BCUT2D eigenvalue weighted by Crippen LogP contribution is 2.28. The van der Waals surface area contributed by atoms with E-state index in [2.05, 4.69) is 0 Å². The quantitative estimate of drug-likeness (QED) is 0.872. The van der Waals surface area contributed by atoms with E-state index in [4.69, 9.17) is 4.74 Å². The molecule has 104 valence electrons. The summed E-state index contributed by atoms with van der Waals surface area (Å²) >= 11 is 0.